The van der Waals surface area contributed by atoms with E-state index in [2.05, 4.69) is 34.8 Å². The number of anilines is 1. The van der Waals surface area contributed by atoms with E-state index < -0.39 is 0 Å². The zero-order valence-electron chi connectivity index (χ0n) is 14.8. The number of nitrogens with zero attached hydrogens (tertiary/aromatic N) is 3. The van der Waals surface area contributed by atoms with Crippen LogP contribution in [0.4, 0.5) is 5.69 Å². The van der Waals surface area contributed by atoms with Gasteiger partial charge in [-0.3, -0.25) is 4.79 Å². The van der Waals surface area contributed by atoms with Crippen LogP contribution < -0.4 is 5.01 Å². The Kier molecular flexibility index (Phi) is 4.01. The van der Waals surface area contributed by atoms with Crippen LogP contribution in [-0.2, 0) is 4.79 Å². The Morgan fingerprint density at radius 2 is 1.50 bits per heavy atom. The first kappa shape index (κ1) is 16.1. The molecule has 0 atom stereocenters. The summed E-state index contributed by atoms with van der Waals surface area (Å²) in [5, 5.41) is 5.89. The molecule has 4 rings (SSSR count). The topological polar surface area (TPSA) is 37.6 Å². The molecule has 0 saturated heterocycles. The quantitative estimate of drug-likeness (QED) is 0.642. The standard InChI is InChI=1S/C22H19N3O/c1-16-13-18(15-24(16)19-9-5-3-6-10-19)14-21-17(2)23-25(22(21)26)20-11-7-4-8-12-20/h3-15H,1-2H3/b21-14-. The molecular weight excluding hydrogens is 322 g/mol. The van der Waals surface area contributed by atoms with E-state index in [1.165, 1.54) is 5.01 Å². The van der Waals surface area contributed by atoms with Crippen LogP contribution in [0.3, 0.4) is 0 Å². The fraction of sp³-hybridized carbons (Fsp3) is 0.0909. The van der Waals surface area contributed by atoms with Gasteiger partial charge in [0.15, 0.2) is 0 Å². The minimum absolute atomic E-state index is 0.0983. The molecule has 2 heterocycles. The van der Waals surface area contributed by atoms with Crippen molar-refractivity contribution in [2.24, 2.45) is 5.10 Å². The van der Waals surface area contributed by atoms with E-state index in [9.17, 15) is 4.79 Å². The van der Waals surface area contributed by atoms with E-state index in [-0.39, 0.29) is 5.91 Å². The molecule has 0 radical (unpaired) electrons. The molecule has 1 aliphatic heterocycles. The van der Waals surface area contributed by atoms with Crippen LogP contribution in [0.25, 0.3) is 11.8 Å². The van der Waals surface area contributed by atoms with Crippen molar-refractivity contribution in [1.29, 1.82) is 0 Å². The second-order valence-corrected chi connectivity index (χ2v) is 6.32. The molecule has 0 bridgehead atoms. The van der Waals surface area contributed by atoms with Gasteiger partial charge in [0.25, 0.3) is 5.91 Å². The van der Waals surface area contributed by atoms with Crippen molar-refractivity contribution in [1.82, 2.24) is 4.57 Å². The summed E-state index contributed by atoms with van der Waals surface area (Å²) in [4.78, 5) is 12.8. The van der Waals surface area contributed by atoms with E-state index in [1.54, 1.807) is 0 Å². The zero-order chi connectivity index (χ0) is 18.1. The van der Waals surface area contributed by atoms with E-state index in [4.69, 9.17) is 0 Å². The highest BCUT2D eigenvalue weighted by atomic mass is 16.2. The summed E-state index contributed by atoms with van der Waals surface area (Å²) in [6, 6.07) is 21.7. The van der Waals surface area contributed by atoms with Gasteiger partial charge in [-0.25, -0.2) is 0 Å². The lowest BCUT2D eigenvalue weighted by molar-refractivity contribution is -0.114. The molecule has 0 fully saturated rings. The van der Waals surface area contributed by atoms with E-state index in [1.807, 2.05) is 67.7 Å². The third-order valence-electron chi connectivity index (χ3n) is 4.44. The number of benzene rings is 2. The Hall–Kier alpha value is -3.40. The van der Waals surface area contributed by atoms with Gasteiger partial charge in [0, 0.05) is 17.6 Å². The predicted octanol–water partition coefficient (Wildman–Crippen LogP) is 4.59. The first-order valence-electron chi connectivity index (χ1n) is 8.55. The summed E-state index contributed by atoms with van der Waals surface area (Å²) in [5.41, 5.74) is 5.33. The number of carbonyl (C=O) groups is 1. The van der Waals surface area contributed by atoms with E-state index in [0.717, 1.165) is 28.3 Å². The number of hydrogen-bond acceptors (Lipinski definition) is 2. The molecule has 0 aliphatic carbocycles. The smallest absolute Gasteiger partial charge is 0.280 e. The van der Waals surface area contributed by atoms with Gasteiger partial charge in [-0.2, -0.15) is 10.1 Å². The molecule has 4 heteroatoms. The summed E-state index contributed by atoms with van der Waals surface area (Å²) >= 11 is 0. The lowest BCUT2D eigenvalue weighted by Crippen LogP contribution is -2.21. The molecule has 1 aromatic heterocycles. The Bertz CT molecular complexity index is 1010. The van der Waals surface area contributed by atoms with Gasteiger partial charge in [0.2, 0.25) is 0 Å². The highest BCUT2D eigenvalue weighted by Crippen LogP contribution is 2.25. The van der Waals surface area contributed by atoms with Crippen LogP contribution in [-0.4, -0.2) is 16.2 Å². The molecule has 4 nitrogen and oxygen atoms in total. The predicted molar refractivity (Wildman–Crippen MR) is 106 cm³/mol. The van der Waals surface area contributed by atoms with Crippen LogP contribution in [0.1, 0.15) is 18.2 Å². The number of hydrazone groups is 1. The average Bonchev–Trinajstić information content (AvgIpc) is 3.17. The fourth-order valence-corrected chi connectivity index (χ4v) is 3.14. The number of para-hydroxylation sites is 2. The molecule has 1 aliphatic rings. The van der Waals surface area contributed by atoms with E-state index >= 15 is 0 Å². The van der Waals surface area contributed by atoms with Crippen molar-refractivity contribution in [3.05, 3.63) is 89.8 Å². The van der Waals surface area contributed by atoms with Crippen molar-refractivity contribution >= 4 is 23.4 Å². The number of hydrogen-bond donors (Lipinski definition) is 0. The molecule has 1 amide bonds. The van der Waals surface area contributed by atoms with Gasteiger partial charge in [-0.15, -0.1) is 0 Å². The lowest BCUT2D eigenvalue weighted by atomic mass is 10.1. The molecular formula is C22H19N3O. The molecule has 0 saturated carbocycles. The molecule has 0 unspecified atom stereocenters. The average molecular weight is 341 g/mol. The lowest BCUT2D eigenvalue weighted by Gasteiger charge is -2.10. The Morgan fingerprint density at radius 1 is 0.885 bits per heavy atom. The minimum atomic E-state index is -0.0983. The van der Waals surface area contributed by atoms with Gasteiger partial charge in [-0.1, -0.05) is 36.4 Å². The van der Waals surface area contributed by atoms with Gasteiger partial charge in [0.1, 0.15) is 0 Å². The highest BCUT2D eigenvalue weighted by Gasteiger charge is 2.28. The molecule has 3 aromatic rings. The number of amides is 1. The monoisotopic (exact) mass is 341 g/mol. The van der Waals surface area contributed by atoms with Crippen LogP contribution in [0.5, 0.6) is 0 Å². The van der Waals surface area contributed by atoms with Gasteiger partial charge in [-0.05, 0) is 55.8 Å². The number of aromatic nitrogens is 1. The summed E-state index contributed by atoms with van der Waals surface area (Å²) < 4.78 is 2.12. The van der Waals surface area contributed by atoms with Crippen molar-refractivity contribution in [3.8, 4) is 5.69 Å². The second kappa shape index (κ2) is 6.48. The van der Waals surface area contributed by atoms with Crippen LogP contribution in [0.2, 0.25) is 0 Å². The molecule has 26 heavy (non-hydrogen) atoms. The maximum absolute atomic E-state index is 12.8. The molecule has 0 N–H and O–H groups in total. The summed E-state index contributed by atoms with van der Waals surface area (Å²) in [6.07, 6.45) is 3.96. The molecule has 0 spiro atoms. The third kappa shape index (κ3) is 2.86. The first-order valence-corrected chi connectivity index (χ1v) is 8.55. The van der Waals surface area contributed by atoms with Crippen LogP contribution in [0.15, 0.2) is 83.6 Å². The summed E-state index contributed by atoms with van der Waals surface area (Å²) in [5.74, 6) is -0.0983. The first-order chi connectivity index (χ1) is 12.6. The van der Waals surface area contributed by atoms with Gasteiger partial charge < -0.3 is 4.57 Å². The number of aryl methyl sites for hydroxylation is 1. The Balaban J connectivity index is 1.67. The van der Waals surface area contributed by atoms with E-state index in [0.29, 0.717) is 5.57 Å². The molecule has 128 valence electrons. The minimum Gasteiger partial charge on any atom is -0.321 e. The second-order valence-electron chi connectivity index (χ2n) is 6.32. The SMILES string of the molecule is CC1=NN(c2ccccc2)C(=O)/C1=C\c1cc(C)n(-c2ccccc2)c1. The normalized spacial score (nSPS) is 15.6. The van der Waals surface area contributed by atoms with Crippen LogP contribution in [0, 0.1) is 6.92 Å². The zero-order valence-corrected chi connectivity index (χ0v) is 14.8. The molecule has 2 aromatic carbocycles. The Labute approximate surface area is 152 Å². The highest BCUT2D eigenvalue weighted by molar-refractivity contribution is 6.32. The summed E-state index contributed by atoms with van der Waals surface area (Å²) in [7, 11) is 0. The van der Waals surface area contributed by atoms with Crippen molar-refractivity contribution in [2.45, 2.75) is 13.8 Å². The van der Waals surface area contributed by atoms with Crippen LogP contribution >= 0.6 is 0 Å². The third-order valence-corrected chi connectivity index (χ3v) is 4.44. The largest absolute Gasteiger partial charge is 0.321 e. The number of carbonyl (C=O) groups excluding carboxylic acids is 1. The van der Waals surface area contributed by atoms with Gasteiger partial charge >= 0.3 is 0 Å². The Morgan fingerprint density at radius 3 is 2.15 bits per heavy atom. The maximum atomic E-state index is 12.8. The van der Waals surface area contributed by atoms with Crippen molar-refractivity contribution < 1.29 is 4.79 Å². The fourth-order valence-electron chi connectivity index (χ4n) is 3.14. The summed E-state index contributed by atoms with van der Waals surface area (Å²) in [6.45, 7) is 3.93. The van der Waals surface area contributed by atoms with Gasteiger partial charge in [0.05, 0.1) is 17.0 Å². The van der Waals surface area contributed by atoms with Crippen molar-refractivity contribution in [3.63, 3.8) is 0 Å². The van der Waals surface area contributed by atoms with Crippen molar-refractivity contribution in [2.75, 3.05) is 5.01 Å². The number of rotatable bonds is 3. The maximum Gasteiger partial charge on any atom is 0.280 e.